The Morgan fingerprint density at radius 1 is 1.35 bits per heavy atom. The number of anilines is 1. The van der Waals surface area contributed by atoms with Crippen LogP contribution in [0.1, 0.15) is 29.6 Å². The maximum absolute atomic E-state index is 4.53. The first-order valence-corrected chi connectivity index (χ1v) is 7.79. The lowest BCUT2D eigenvalue weighted by Gasteiger charge is -2.15. The van der Waals surface area contributed by atoms with Crippen LogP contribution in [0, 0.1) is 6.92 Å². The zero-order valence-electron chi connectivity index (χ0n) is 12.4. The van der Waals surface area contributed by atoms with Crippen molar-refractivity contribution >= 4 is 16.5 Å². The van der Waals surface area contributed by atoms with Gasteiger partial charge in [-0.15, -0.1) is 11.3 Å². The molecule has 5 heteroatoms. The van der Waals surface area contributed by atoms with Gasteiger partial charge < -0.3 is 10.2 Å². The number of hydrogen-bond acceptors (Lipinski definition) is 5. The third kappa shape index (κ3) is 4.28. The predicted molar refractivity (Wildman–Crippen MR) is 85.2 cm³/mol. The first-order valence-electron chi connectivity index (χ1n) is 6.98. The van der Waals surface area contributed by atoms with Gasteiger partial charge in [0, 0.05) is 30.4 Å². The molecule has 0 amide bonds. The Morgan fingerprint density at radius 3 is 2.95 bits per heavy atom. The summed E-state index contributed by atoms with van der Waals surface area (Å²) in [6, 6.07) is 6.12. The molecule has 2 rings (SSSR count). The molecule has 0 aromatic carbocycles. The first kappa shape index (κ1) is 14.9. The van der Waals surface area contributed by atoms with Crippen molar-refractivity contribution in [2.24, 2.45) is 0 Å². The third-order valence-electron chi connectivity index (χ3n) is 2.94. The second-order valence-corrected chi connectivity index (χ2v) is 6.01. The number of pyridine rings is 1. The molecular formula is C15H22N4S. The lowest BCUT2D eigenvalue weighted by molar-refractivity contribution is 0.681. The Labute approximate surface area is 124 Å². The van der Waals surface area contributed by atoms with Gasteiger partial charge >= 0.3 is 0 Å². The van der Waals surface area contributed by atoms with E-state index in [0.29, 0.717) is 0 Å². The lowest BCUT2D eigenvalue weighted by Crippen LogP contribution is -2.17. The largest absolute Gasteiger partial charge is 0.345 e. The summed E-state index contributed by atoms with van der Waals surface area (Å²) >= 11 is 1.74. The van der Waals surface area contributed by atoms with Crippen LogP contribution in [-0.2, 0) is 13.1 Å². The van der Waals surface area contributed by atoms with E-state index in [-0.39, 0.29) is 0 Å². The minimum atomic E-state index is 0.789. The molecule has 0 radical (unpaired) electrons. The van der Waals surface area contributed by atoms with Crippen molar-refractivity contribution in [1.29, 1.82) is 0 Å². The molecule has 0 aliphatic heterocycles. The Kier molecular flexibility index (Phi) is 5.49. The van der Waals surface area contributed by atoms with Crippen LogP contribution in [0.15, 0.2) is 24.4 Å². The summed E-state index contributed by atoms with van der Waals surface area (Å²) < 4.78 is 0. The SMILES string of the molecule is CCCNCc1cnc(N(C)Cc2cccc(C)n2)s1. The van der Waals surface area contributed by atoms with Crippen molar-refractivity contribution in [1.82, 2.24) is 15.3 Å². The molecule has 108 valence electrons. The summed E-state index contributed by atoms with van der Waals surface area (Å²) in [5.74, 6) is 0. The fourth-order valence-electron chi connectivity index (χ4n) is 1.94. The highest BCUT2D eigenvalue weighted by Crippen LogP contribution is 2.22. The molecule has 0 bridgehead atoms. The molecule has 0 saturated heterocycles. The van der Waals surface area contributed by atoms with Crippen molar-refractivity contribution in [2.75, 3.05) is 18.5 Å². The molecule has 0 fully saturated rings. The van der Waals surface area contributed by atoms with E-state index in [1.165, 1.54) is 4.88 Å². The number of nitrogens with one attached hydrogen (secondary N) is 1. The zero-order valence-corrected chi connectivity index (χ0v) is 13.2. The Bertz CT molecular complexity index is 538. The second-order valence-electron chi connectivity index (χ2n) is 4.91. The van der Waals surface area contributed by atoms with E-state index in [1.54, 1.807) is 11.3 Å². The molecular weight excluding hydrogens is 268 g/mol. The number of thiazole rings is 1. The van der Waals surface area contributed by atoms with Gasteiger partial charge in [-0.2, -0.15) is 0 Å². The van der Waals surface area contributed by atoms with E-state index in [2.05, 4.69) is 40.2 Å². The van der Waals surface area contributed by atoms with Crippen molar-refractivity contribution in [3.05, 3.63) is 40.7 Å². The van der Waals surface area contributed by atoms with Crippen molar-refractivity contribution in [3.8, 4) is 0 Å². The Morgan fingerprint density at radius 2 is 2.20 bits per heavy atom. The van der Waals surface area contributed by atoms with E-state index in [4.69, 9.17) is 0 Å². The van der Waals surface area contributed by atoms with E-state index in [9.17, 15) is 0 Å². The van der Waals surface area contributed by atoms with Gasteiger partial charge in [-0.3, -0.25) is 4.98 Å². The van der Waals surface area contributed by atoms with Gasteiger partial charge in [0.2, 0.25) is 0 Å². The number of aryl methyl sites for hydroxylation is 1. The average molecular weight is 290 g/mol. The number of aromatic nitrogens is 2. The molecule has 4 nitrogen and oxygen atoms in total. The smallest absolute Gasteiger partial charge is 0.185 e. The molecule has 2 aromatic rings. The van der Waals surface area contributed by atoms with Crippen molar-refractivity contribution in [3.63, 3.8) is 0 Å². The van der Waals surface area contributed by atoms with E-state index >= 15 is 0 Å². The molecule has 2 aromatic heterocycles. The highest BCUT2D eigenvalue weighted by atomic mass is 32.1. The third-order valence-corrected chi connectivity index (χ3v) is 4.05. The van der Waals surface area contributed by atoms with Crippen LogP contribution in [-0.4, -0.2) is 23.6 Å². The maximum atomic E-state index is 4.53. The molecule has 0 unspecified atom stereocenters. The Balaban J connectivity index is 1.93. The normalized spacial score (nSPS) is 10.8. The quantitative estimate of drug-likeness (QED) is 0.796. The fraction of sp³-hybridized carbons (Fsp3) is 0.467. The second kappa shape index (κ2) is 7.36. The van der Waals surface area contributed by atoms with Crippen LogP contribution >= 0.6 is 11.3 Å². The van der Waals surface area contributed by atoms with Crippen molar-refractivity contribution in [2.45, 2.75) is 33.4 Å². The summed E-state index contributed by atoms with van der Waals surface area (Å²) in [6.45, 7) is 6.94. The number of nitrogens with zero attached hydrogens (tertiary/aromatic N) is 3. The molecule has 1 N–H and O–H groups in total. The van der Waals surface area contributed by atoms with Gasteiger partial charge in [0.1, 0.15) is 0 Å². The van der Waals surface area contributed by atoms with Crippen LogP contribution in [0.3, 0.4) is 0 Å². The van der Waals surface area contributed by atoms with Gasteiger partial charge in [-0.05, 0) is 32.0 Å². The highest BCUT2D eigenvalue weighted by molar-refractivity contribution is 7.15. The summed E-state index contributed by atoms with van der Waals surface area (Å²) in [5, 5.41) is 4.44. The molecule has 0 spiro atoms. The predicted octanol–water partition coefficient (Wildman–Crippen LogP) is 2.98. The minimum absolute atomic E-state index is 0.789. The van der Waals surface area contributed by atoms with Gasteiger partial charge in [-0.25, -0.2) is 4.98 Å². The van der Waals surface area contributed by atoms with Crippen LogP contribution in [0.25, 0.3) is 0 Å². The first-order chi connectivity index (χ1) is 9.69. The van der Waals surface area contributed by atoms with E-state index in [0.717, 1.165) is 42.6 Å². The van der Waals surface area contributed by atoms with Gasteiger partial charge in [-0.1, -0.05) is 13.0 Å². The molecule has 0 saturated carbocycles. The molecule has 2 heterocycles. The molecule has 0 aliphatic carbocycles. The summed E-state index contributed by atoms with van der Waals surface area (Å²) in [6.07, 6.45) is 3.12. The minimum Gasteiger partial charge on any atom is -0.345 e. The molecule has 20 heavy (non-hydrogen) atoms. The van der Waals surface area contributed by atoms with Gasteiger partial charge in [0.05, 0.1) is 12.2 Å². The van der Waals surface area contributed by atoms with Gasteiger partial charge in [0.15, 0.2) is 5.13 Å². The number of rotatable bonds is 7. The standard InChI is InChI=1S/C15H22N4S/c1-4-8-16-9-14-10-17-15(20-14)19(3)11-13-7-5-6-12(2)18-13/h5-7,10,16H,4,8-9,11H2,1-3H3. The van der Waals surface area contributed by atoms with Crippen LogP contribution < -0.4 is 10.2 Å². The monoisotopic (exact) mass is 290 g/mol. The van der Waals surface area contributed by atoms with Crippen LogP contribution in [0.5, 0.6) is 0 Å². The highest BCUT2D eigenvalue weighted by Gasteiger charge is 2.08. The van der Waals surface area contributed by atoms with E-state index in [1.807, 2.05) is 25.3 Å². The fourth-order valence-corrected chi connectivity index (χ4v) is 2.78. The van der Waals surface area contributed by atoms with E-state index < -0.39 is 0 Å². The topological polar surface area (TPSA) is 41.1 Å². The van der Waals surface area contributed by atoms with Gasteiger partial charge in [0.25, 0.3) is 0 Å². The summed E-state index contributed by atoms with van der Waals surface area (Å²) in [5.41, 5.74) is 2.13. The molecule has 0 aliphatic rings. The maximum Gasteiger partial charge on any atom is 0.185 e. The van der Waals surface area contributed by atoms with Crippen molar-refractivity contribution < 1.29 is 0 Å². The zero-order chi connectivity index (χ0) is 14.4. The summed E-state index contributed by atoms with van der Waals surface area (Å²) in [7, 11) is 2.06. The lowest BCUT2D eigenvalue weighted by atomic mass is 10.3. The average Bonchev–Trinajstić information content (AvgIpc) is 2.88. The summed E-state index contributed by atoms with van der Waals surface area (Å²) in [4.78, 5) is 12.4. The Hall–Kier alpha value is -1.46. The number of hydrogen-bond donors (Lipinski definition) is 1. The van der Waals surface area contributed by atoms with Crippen LogP contribution in [0.2, 0.25) is 0 Å². The molecule has 0 atom stereocenters. The van der Waals surface area contributed by atoms with Crippen LogP contribution in [0.4, 0.5) is 5.13 Å².